The first kappa shape index (κ1) is 25.4. The molecule has 0 heterocycles. The van der Waals surface area contributed by atoms with Crippen LogP contribution < -0.4 is 16.0 Å². The van der Waals surface area contributed by atoms with Crippen molar-refractivity contribution in [1.82, 2.24) is 16.0 Å². The van der Waals surface area contributed by atoms with Crippen LogP contribution in [0.5, 0.6) is 0 Å². The molecule has 2 rings (SSSR count). The molecule has 2 atom stereocenters. The van der Waals surface area contributed by atoms with E-state index < -0.39 is 0 Å². The maximum atomic E-state index is 12.3. The van der Waals surface area contributed by atoms with Gasteiger partial charge in [-0.3, -0.25) is 9.79 Å². The standard InChI is InChI=1S/C20H38N4O3.HI/c1-3-4-11-26-13-14-27-12-10-22-20(21-2)24-18-7-5-6-16(15-18)19(25)23-17-8-9-17;/h16-18H,3-15H2,1-2H3,(H,23,25)(H2,21,22,24);1H. The van der Waals surface area contributed by atoms with Crippen molar-refractivity contribution < 1.29 is 14.3 Å². The zero-order valence-corrected chi connectivity index (χ0v) is 19.8. The number of halogens is 1. The van der Waals surface area contributed by atoms with E-state index in [1.54, 1.807) is 7.05 Å². The molecule has 2 aliphatic rings. The van der Waals surface area contributed by atoms with Crippen LogP contribution in [-0.2, 0) is 14.3 Å². The molecule has 0 aromatic carbocycles. The first-order valence-electron chi connectivity index (χ1n) is 10.7. The monoisotopic (exact) mass is 510 g/mol. The summed E-state index contributed by atoms with van der Waals surface area (Å²) in [5.74, 6) is 1.15. The summed E-state index contributed by atoms with van der Waals surface area (Å²) in [4.78, 5) is 16.6. The highest BCUT2D eigenvalue weighted by Gasteiger charge is 2.31. The fourth-order valence-electron chi connectivity index (χ4n) is 3.30. The second kappa shape index (κ2) is 15.3. The van der Waals surface area contributed by atoms with Gasteiger partial charge >= 0.3 is 0 Å². The summed E-state index contributed by atoms with van der Waals surface area (Å²) >= 11 is 0. The summed E-state index contributed by atoms with van der Waals surface area (Å²) in [5.41, 5.74) is 0. The molecule has 0 aliphatic heterocycles. The lowest BCUT2D eigenvalue weighted by Crippen LogP contribution is -2.47. The number of rotatable bonds is 12. The number of hydrogen-bond acceptors (Lipinski definition) is 4. The van der Waals surface area contributed by atoms with Crippen LogP contribution in [0.15, 0.2) is 4.99 Å². The van der Waals surface area contributed by atoms with Crippen molar-refractivity contribution >= 4 is 35.8 Å². The van der Waals surface area contributed by atoms with Crippen LogP contribution >= 0.6 is 24.0 Å². The number of nitrogens with one attached hydrogen (secondary N) is 3. The molecule has 2 saturated carbocycles. The van der Waals surface area contributed by atoms with E-state index in [4.69, 9.17) is 9.47 Å². The molecule has 28 heavy (non-hydrogen) atoms. The lowest BCUT2D eigenvalue weighted by Gasteiger charge is -2.30. The average molecular weight is 510 g/mol. The first-order chi connectivity index (χ1) is 13.2. The third-order valence-corrected chi connectivity index (χ3v) is 5.09. The SMILES string of the molecule is CCCCOCCOCCNC(=NC)NC1CCCC(C(=O)NC2CC2)C1.I. The van der Waals surface area contributed by atoms with E-state index in [0.717, 1.165) is 63.9 Å². The second-order valence-corrected chi connectivity index (χ2v) is 7.56. The van der Waals surface area contributed by atoms with E-state index in [2.05, 4.69) is 27.9 Å². The molecule has 3 N–H and O–H groups in total. The fourth-order valence-corrected chi connectivity index (χ4v) is 3.30. The first-order valence-corrected chi connectivity index (χ1v) is 10.7. The van der Waals surface area contributed by atoms with Crippen LogP contribution in [0.25, 0.3) is 0 Å². The van der Waals surface area contributed by atoms with Crippen molar-refractivity contribution in [2.75, 3.05) is 40.0 Å². The van der Waals surface area contributed by atoms with E-state index in [0.29, 0.717) is 38.4 Å². The summed E-state index contributed by atoms with van der Waals surface area (Å²) in [5, 5.41) is 9.89. The number of hydrogen-bond donors (Lipinski definition) is 3. The predicted molar refractivity (Wildman–Crippen MR) is 123 cm³/mol. The summed E-state index contributed by atoms with van der Waals surface area (Å²) in [6.07, 6.45) is 8.59. The molecule has 8 heteroatoms. The summed E-state index contributed by atoms with van der Waals surface area (Å²) in [7, 11) is 1.78. The van der Waals surface area contributed by atoms with Crippen molar-refractivity contribution in [1.29, 1.82) is 0 Å². The fraction of sp³-hybridized carbons (Fsp3) is 0.900. The zero-order chi connectivity index (χ0) is 19.3. The number of guanidine groups is 1. The van der Waals surface area contributed by atoms with E-state index in [1.807, 2.05) is 0 Å². The molecule has 0 aromatic rings. The van der Waals surface area contributed by atoms with Crippen LogP contribution in [0.2, 0.25) is 0 Å². The minimum Gasteiger partial charge on any atom is -0.379 e. The van der Waals surface area contributed by atoms with Crippen LogP contribution in [0, 0.1) is 5.92 Å². The van der Waals surface area contributed by atoms with E-state index in [9.17, 15) is 4.79 Å². The Morgan fingerprint density at radius 1 is 1.00 bits per heavy atom. The number of amides is 1. The number of aliphatic imine (C=N–C) groups is 1. The highest BCUT2D eigenvalue weighted by molar-refractivity contribution is 14.0. The molecule has 2 aliphatic carbocycles. The number of carbonyl (C=O) groups excluding carboxylic acids is 1. The Bertz CT molecular complexity index is 461. The van der Waals surface area contributed by atoms with Gasteiger partial charge in [-0.1, -0.05) is 19.8 Å². The summed E-state index contributed by atoms with van der Waals surface area (Å²) in [6, 6.07) is 0.741. The van der Waals surface area contributed by atoms with Crippen molar-refractivity contribution in [3.05, 3.63) is 0 Å². The summed E-state index contributed by atoms with van der Waals surface area (Å²) in [6.45, 7) is 5.57. The quantitative estimate of drug-likeness (QED) is 0.163. The van der Waals surface area contributed by atoms with Gasteiger partial charge in [0.1, 0.15) is 0 Å². The highest BCUT2D eigenvalue weighted by atomic mass is 127. The van der Waals surface area contributed by atoms with Gasteiger partial charge in [-0.15, -0.1) is 24.0 Å². The van der Waals surface area contributed by atoms with Crippen LogP contribution in [-0.4, -0.2) is 64.0 Å². The molecule has 0 bridgehead atoms. The topological polar surface area (TPSA) is 84.0 Å². The minimum atomic E-state index is 0. The normalized spacial score (nSPS) is 22.3. The average Bonchev–Trinajstić information content (AvgIpc) is 3.50. The Morgan fingerprint density at radius 2 is 1.75 bits per heavy atom. The number of nitrogens with zero attached hydrogens (tertiary/aromatic N) is 1. The molecule has 7 nitrogen and oxygen atoms in total. The van der Waals surface area contributed by atoms with E-state index in [1.165, 1.54) is 0 Å². The summed E-state index contributed by atoms with van der Waals surface area (Å²) < 4.78 is 11.0. The molecule has 2 unspecified atom stereocenters. The molecular weight excluding hydrogens is 471 g/mol. The third kappa shape index (κ3) is 10.8. The Balaban J connectivity index is 0.00000392. The van der Waals surface area contributed by atoms with Gasteiger partial charge in [-0.2, -0.15) is 0 Å². The minimum absolute atomic E-state index is 0. The van der Waals surface area contributed by atoms with E-state index in [-0.39, 0.29) is 35.8 Å². The number of carbonyl (C=O) groups is 1. The van der Waals surface area contributed by atoms with Crippen molar-refractivity contribution in [3.8, 4) is 0 Å². The second-order valence-electron chi connectivity index (χ2n) is 7.56. The van der Waals surface area contributed by atoms with Crippen LogP contribution in [0.4, 0.5) is 0 Å². The molecule has 0 aromatic heterocycles. The maximum absolute atomic E-state index is 12.3. The van der Waals surface area contributed by atoms with Gasteiger partial charge in [0.25, 0.3) is 0 Å². The van der Waals surface area contributed by atoms with Gasteiger partial charge in [0.2, 0.25) is 5.91 Å². The molecule has 164 valence electrons. The lowest BCUT2D eigenvalue weighted by molar-refractivity contribution is -0.126. The Labute approximate surface area is 187 Å². The van der Waals surface area contributed by atoms with Gasteiger partial charge in [0.05, 0.1) is 19.8 Å². The number of unbranched alkanes of at least 4 members (excludes halogenated alkanes) is 1. The molecular formula is C20H39IN4O3. The maximum Gasteiger partial charge on any atom is 0.223 e. The molecule has 0 spiro atoms. The molecule has 2 fully saturated rings. The molecule has 1 amide bonds. The van der Waals surface area contributed by atoms with Crippen molar-refractivity contribution in [3.63, 3.8) is 0 Å². The van der Waals surface area contributed by atoms with Crippen LogP contribution in [0.1, 0.15) is 58.3 Å². The smallest absolute Gasteiger partial charge is 0.223 e. The Hall–Kier alpha value is -0.610. The number of ether oxygens (including phenoxy) is 2. The Kier molecular flexibility index (Phi) is 13.9. The van der Waals surface area contributed by atoms with Gasteiger partial charge in [-0.25, -0.2) is 0 Å². The van der Waals surface area contributed by atoms with Crippen LogP contribution in [0.3, 0.4) is 0 Å². The van der Waals surface area contributed by atoms with Gasteiger partial charge in [0.15, 0.2) is 5.96 Å². The third-order valence-electron chi connectivity index (χ3n) is 5.09. The molecule has 0 saturated heterocycles. The van der Waals surface area contributed by atoms with E-state index >= 15 is 0 Å². The lowest BCUT2D eigenvalue weighted by atomic mass is 9.85. The Morgan fingerprint density at radius 3 is 2.43 bits per heavy atom. The predicted octanol–water partition coefficient (Wildman–Crippen LogP) is 2.44. The molecule has 0 radical (unpaired) electrons. The zero-order valence-electron chi connectivity index (χ0n) is 17.5. The van der Waals surface area contributed by atoms with Gasteiger partial charge < -0.3 is 25.4 Å². The van der Waals surface area contributed by atoms with Gasteiger partial charge in [0, 0.05) is 38.2 Å². The van der Waals surface area contributed by atoms with Crippen molar-refractivity contribution in [2.45, 2.75) is 70.4 Å². The van der Waals surface area contributed by atoms with Crippen molar-refractivity contribution in [2.24, 2.45) is 10.9 Å². The largest absolute Gasteiger partial charge is 0.379 e. The highest BCUT2D eigenvalue weighted by Crippen LogP contribution is 2.26. The van der Waals surface area contributed by atoms with Gasteiger partial charge in [-0.05, 0) is 38.5 Å².